The summed E-state index contributed by atoms with van der Waals surface area (Å²) in [6, 6.07) is 9.55. The summed E-state index contributed by atoms with van der Waals surface area (Å²) in [6.07, 6.45) is 0.401. The topological polar surface area (TPSA) is 52.6 Å². The van der Waals surface area contributed by atoms with Crippen molar-refractivity contribution in [2.75, 3.05) is 13.2 Å². The number of benzene rings is 1. The van der Waals surface area contributed by atoms with Crippen LogP contribution < -0.4 is 0 Å². The Kier molecular flexibility index (Phi) is 4.46. The molecule has 0 bridgehead atoms. The standard InChI is InChI=1S/C17H20O4/c1-4-20-15(18)17(16(19)21-5-2)11-14(17)12(3)13-9-7-6-8-10-13/h6-10,14H,3-5,11H2,1-2H3. The number of hydrogen-bond acceptors (Lipinski definition) is 4. The van der Waals surface area contributed by atoms with Gasteiger partial charge in [-0.05, 0) is 31.4 Å². The summed E-state index contributed by atoms with van der Waals surface area (Å²) in [5.41, 5.74) is 0.494. The molecule has 1 aliphatic carbocycles. The predicted octanol–water partition coefficient (Wildman–Crippen LogP) is 2.83. The van der Waals surface area contributed by atoms with Crippen LogP contribution in [0, 0.1) is 11.3 Å². The van der Waals surface area contributed by atoms with E-state index in [1.54, 1.807) is 13.8 Å². The average molecular weight is 288 g/mol. The highest BCUT2D eigenvalue weighted by Crippen LogP contribution is 2.60. The summed E-state index contributed by atoms with van der Waals surface area (Å²) in [6.45, 7) is 7.98. The molecule has 0 N–H and O–H groups in total. The Morgan fingerprint density at radius 3 is 2.14 bits per heavy atom. The molecule has 0 aromatic heterocycles. The Hall–Kier alpha value is -2.10. The summed E-state index contributed by atoms with van der Waals surface area (Å²) in [5, 5.41) is 0. The maximum absolute atomic E-state index is 12.2. The fourth-order valence-electron chi connectivity index (χ4n) is 2.59. The Morgan fingerprint density at radius 1 is 1.14 bits per heavy atom. The van der Waals surface area contributed by atoms with Crippen molar-refractivity contribution < 1.29 is 19.1 Å². The third-order valence-electron chi connectivity index (χ3n) is 3.81. The summed E-state index contributed by atoms with van der Waals surface area (Å²) >= 11 is 0. The Balaban J connectivity index is 2.24. The van der Waals surface area contributed by atoms with Crippen molar-refractivity contribution in [3.8, 4) is 0 Å². The highest BCUT2D eigenvalue weighted by molar-refractivity contribution is 6.06. The van der Waals surface area contributed by atoms with E-state index >= 15 is 0 Å². The van der Waals surface area contributed by atoms with Gasteiger partial charge in [-0.15, -0.1) is 0 Å². The van der Waals surface area contributed by atoms with Crippen molar-refractivity contribution in [1.82, 2.24) is 0 Å². The first-order chi connectivity index (χ1) is 10.1. The summed E-state index contributed by atoms with van der Waals surface area (Å²) in [7, 11) is 0. The molecule has 0 amide bonds. The first-order valence-corrected chi connectivity index (χ1v) is 7.16. The maximum atomic E-state index is 12.2. The zero-order valence-corrected chi connectivity index (χ0v) is 12.4. The second-order valence-corrected chi connectivity index (χ2v) is 5.06. The van der Waals surface area contributed by atoms with Crippen LogP contribution in [0.2, 0.25) is 0 Å². The van der Waals surface area contributed by atoms with E-state index in [1.165, 1.54) is 0 Å². The lowest BCUT2D eigenvalue weighted by atomic mass is 9.95. The van der Waals surface area contributed by atoms with Crippen LogP contribution in [0.15, 0.2) is 36.9 Å². The van der Waals surface area contributed by atoms with Gasteiger partial charge in [-0.1, -0.05) is 36.9 Å². The first kappa shape index (κ1) is 15.3. The van der Waals surface area contributed by atoms with E-state index in [9.17, 15) is 9.59 Å². The Labute approximate surface area is 124 Å². The molecule has 1 aromatic carbocycles. The molecule has 0 spiro atoms. The molecule has 1 aliphatic rings. The Morgan fingerprint density at radius 2 is 1.67 bits per heavy atom. The van der Waals surface area contributed by atoms with Crippen LogP contribution in [0.4, 0.5) is 0 Å². The molecule has 1 aromatic rings. The molecule has 4 nitrogen and oxygen atoms in total. The molecule has 4 heteroatoms. The fourth-order valence-corrected chi connectivity index (χ4v) is 2.59. The van der Waals surface area contributed by atoms with Crippen LogP contribution in [-0.4, -0.2) is 25.2 Å². The van der Waals surface area contributed by atoms with Crippen molar-refractivity contribution in [2.24, 2.45) is 11.3 Å². The minimum absolute atomic E-state index is 0.241. The minimum Gasteiger partial charge on any atom is -0.465 e. The highest BCUT2D eigenvalue weighted by Gasteiger charge is 2.69. The van der Waals surface area contributed by atoms with Gasteiger partial charge in [-0.3, -0.25) is 9.59 Å². The van der Waals surface area contributed by atoms with Gasteiger partial charge in [-0.2, -0.15) is 0 Å². The van der Waals surface area contributed by atoms with Gasteiger partial charge in [0.1, 0.15) is 0 Å². The first-order valence-electron chi connectivity index (χ1n) is 7.16. The molecule has 0 saturated heterocycles. The van der Waals surface area contributed by atoms with Gasteiger partial charge in [0.05, 0.1) is 13.2 Å². The van der Waals surface area contributed by atoms with Gasteiger partial charge in [0.2, 0.25) is 0 Å². The lowest BCUT2D eigenvalue weighted by molar-refractivity contribution is -0.164. The van der Waals surface area contributed by atoms with Crippen molar-refractivity contribution in [2.45, 2.75) is 20.3 Å². The fraction of sp³-hybridized carbons (Fsp3) is 0.412. The van der Waals surface area contributed by atoms with Gasteiger partial charge in [0.25, 0.3) is 0 Å². The van der Waals surface area contributed by atoms with E-state index in [2.05, 4.69) is 6.58 Å². The number of esters is 2. The van der Waals surface area contributed by atoms with E-state index in [0.717, 1.165) is 11.1 Å². The number of allylic oxidation sites excluding steroid dienone is 1. The van der Waals surface area contributed by atoms with Crippen molar-refractivity contribution in [1.29, 1.82) is 0 Å². The molecule has 1 fully saturated rings. The lowest BCUT2D eigenvalue weighted by Crippen LogP contribution is -2.32. The number of ether oxygens (including phenoxy) is 2. The molecule has 112 valence electrons. The predicted molar refractivity (Wildman–Crippen MR) is 79.3 cm³/mol. The van der Waals surface area contributed by atoms with E-state index in [-0.39, 0.29) is 19.1 Å². The SMILES string of the molecule is C=C(c1ccccc1)C1CC1(C(=O)OCC)C(=O)OCC. The molecule has 1 unspecified atom stereocenters. The van der Waals surface area contributed by atoms with Crippen molar-refractivity contribution in [3.63, 3.8) is 0 Å². The van der Waals surface area contributed by atoms with E-state index < -0.39 is 17.4 Å². The van der Waals surface area contributed by atoms with Gasteiger partial charge in [-0.25, -0.2) is 0 Å². The lowest BCUT2D eigenvalue weighted by Gasteiger charge is -2.15. The second-order valence-electron chi connectivity index (χ2n) is 5.06. The molecule has 1 atom stereocenters. The summed E-state index contributed by atoms with van der Waals surface area (Å²) < 4.78 is 10.1. The molecular formula is C17H20O4. The van der Waals surface area contributed by atoms with Crippen molar-refractivity contribution in [3.05, 3.63) is 42.5 Å². The molecular weight excluding hydrogens is 268 g/mol. The van der Waals surface area contributed by atoms with Crippen LogP contribution in [0.1, 0.15) is 25.8 Å². The average Bonchev–Trinajstić information content (AvgIpc) is 3.25. The molecule has 1 saturated carbocycles. The normalized spacial score (nSPS) is 18.7. The van der Waals surface area contributed by atoms with E-state index in [4.69, 9.17) is 9.47 Å². The number of carbonyl (C=O) groups is 2. The molecule has 0 radical (unpaired) electrons. The third kappa shape index (κ3) is 2.71. The van der Waals surface area contributed by atoms with Crippen LogP contribution in [0.3, 0.4) is 0 Å². The van der Waals surface area contributed by atoms with Crippen LogP contribution in [-0.2, 0) is 19.1 Å². The van der Waals surface area contributed by atoms with Crippen LogP contribution >= 0.6 is 0 Å². The molecule has 0 aliphatic heterocycles. The maximum Gasteiger partial charge on any atom is 0.324 e. The van der Waals surface area contributed by atoms with Gasteiger partial charge in [0, 0.05) is 5.92 Å². The summed E-state index contributed by atoms with van der Waals surface area (Å²) in [4.78, 5) is 24.5. The second kappa shape index (κ2) is 6.12. The summed E-state index contributed by atoms with van der Waals surface area (Å²) in [5.74, 6) is -1.27. The Bertz CT molecular complexity index is 529. The number of rotatable bonds is 6. The molecule has 2 rings (SSSR count). The molecule has 0 heterocycles. The monoisotopic (exact) mass is 288 g/mol. The van der Waals surface area contributed by atoms with E-state index in [0.29, 0.717) is 6.42 Å². The van der Waals surface area contributed by atoms with E-state index in [1.807, 2.05) is 30.3 Å². The van der Waals surface area contributed by atoms with Gasteiger partial charge in [0.15, 0.2) is 5.41 Å². The number of carbonyl (C=O) groups excluding carboxylic acids is 2. The van der Waals surface area contributed by atoms with Crippen LogP contribution in [0.5, 0.6) is 0 Å². The highest BCUT2D eigenvalue weighted by atomic mass is 16.6. The van der Waals surface area contributed by atoms with Gasteiger partial charge < -0.3 is 9.47 Å². The largest absolute Gasteiger partial charge is 0.465 e. The number of hydrogen-bond donors (Lipinski definition) is 0. The molecule has 21 heavy (non-hydrogen) atoms. The van der Waals surface area contributed by atoms with Crippen LogP contribution in [0.25, 0.3) is 5.57 Å². The zero-order chi connectivity index (χ0) is 15.5. The third-order valence-corrected chi connectivity index (χ3v) is 3.81. The minimum atomic E-state index is -1.21. The zero-order valence-electron chi connectivity index (χ0n) is 12.4. The quantitative estimate of drug-likeness (QED) is 0.596. The van der Waals surface area contributed by atoms with Gasteiger partial charge >= 0.3 is 11.9 Å². The smallest absolute Gasteiger partial charge is 0.324 e. The van der Waals surface area contributed by atoms with Crippen molar-refractivity contribution >= 4 is 17.5 Å².